The zero-order chi connectivity index (χ0) is 24.8. The Morgan fingerprint density at radius 3 is 2.51 bits per heavy atom. The summed E-state index contributed by atoms with van der Waals surface area (Å²) in [7, 11) is 0. The van der Waals surface area contributed by atoms with Gasteiger partial charge in [-0.1, -0.05) is 30.9 Å². The Hall–Kier alpha value is -3.51. The molecule has 4 rings (SSSR count). The summed E-state index contributed by atoms with van der Waals surface area (Å²) in [4.78, 5) is 7.17. The number of aryl methyl sites for hydroxylation is 3. The third-order valence-corrected chi connectivity index (χ3v) is 6.43. The van der Waals surface area contributed by atoms with E-state index in [4.69, 9.17) is 9.72 Å². The molecule has 182 valence electrons. The van der Waals surface area contributed by atoms with Gasteiger partial charge in [-0.15, -0.1) is 10.2 Å². The van der Waals surface area contributed by atoms with Gasteiger partial charge in [0.1, 0.15) is 17.9 Å². The van der Waals surface area contributed by atoms with E-state index in [1.165, 1.54) is 42.6 Å². The van der Waals surface area contributed by atoms with Crippen molar-refractivity contribution in [3.63, 3.8) is 0 Å². The third-order valence-electron chi connectivity index (χ3n) is 6.43. The van der Waals surface area contributed by atoms with Gasteiger partial charge in [0.05, 0.1) is 5.52 Å². The Bertz CT molecular complexity index is 1250. The summed E-state index contributed by atoms with van der Waals surface area (Å²) < 4.78 is 5.77. The number of allylic oxidation sites excluding steroid dienone is 3. The van der Waals surface area contributed by atoms with Gasteiger partial charge in [-0.2, -0.15) is 0 Å². The van der Waals surface area contributed by atoms with E-state index >= 15 is 0 Å². The molecule has 1 aliphatic heterocycles. The average Bonchev–Trinajstić information content (AvgIpc) is 3.35. The summed E-state index contributed by atoms with van der Waals surface area (Å²) in [6.07, 6.45) is 8.32. The smallest absolute Gasteiger partial charge is 0.247 e. The van der Waals surface area contributed by atoms with Crippen LogP contribution in [0.15, 0.2) is 66.6 Å². The molecule has 0 radical (unpaired) electrons. The van der Waals surface area contributed by atoms with Crippen molar-refractivity contribution in [3.8, 4) is 11.1 Å². The largest absolute Gasteiger partial charge is 0.493 e. The SMILES string of the molecule is C=C(/C=C\C(=C/C)Nc1nnc2cc(-c3c(C)cccc3C)cc(C)c2n1)OCCN1CCCC1. The van der Waals surface area contributed by atoms with Crippen molar-refractivity contribution in [2.45, 2.75) is 40.5 Å². The number of rotatable bonds is 9. The minimum Gasteiger partial charge on any atom is -0.493 e. The van der Waals surface area contributed by atoms with Crippen LogP contribution in [0.2, 0.25) is 0 Å². The average molecular weight is 470 g/mol. The van der Waals surface area contributed by atoms with Crippen molar-refractivity contribution >= 4 is 17.0 Å². The normalized spacial score (nSPS) is 14.7. The molecule has 0 amide bonds. The summed E-state index contributed by atoms with van der Waals surface area (Å²) in [6.45, 7) is 16.2. The van der Waals surface area contributed by atoms with E-state index in [0.717, 1.165) is 34.4 Å². The van der Waals surface area contributed by atoms with Crippen molar-refractivity contribution in [2.24, 2.45) is 0 Å². The summed E-state index contributed by atoms with van der Waals surface area (Å²) >= 11 is 0. The molecule has 35 heavy (non-hydrogen) atoms. The molecule has 1 N–H and O–H groups in total. The first kappa shape index (κ1) is 24.6. The molecule has 0 atom stereocenters. The van der Waals surface area contributed by atoms with Gasteiger partial charge >= 0.3 is 0 Å². The van der Waals surface area contributed by atoms with Crippen LogP contribution in [0.1, 0.15) is 36.5 Å². The highest BCUT2D eigenvalue weighted by Gasteiger charge is 2.12. The maximum absolute atomic E-state index is 5.77. The van der Waals surface area contributed by atoms with Gasteiger partial charge in [-0.3, -0.25) is 4.90 Å². The van der Waals surface area contributed by atoms with Crippen LogP contribution in [0.4, 0.5) is 5.95 Å². The lowest BCUT2D eigenvalue weighted by atomic mass is 9.94. The van der Waals surface area contributed by atoms with Crippen molar-refractivity contribution in [2.75, 3.05) is 31.6 Å². The Balaban J connectivity index is 1.44. The standard InChI is InChI=1S/C29H35N5O/c1-6-25(13-12-23(5)35-17-16-34-14-7-8-15-34)30-29-31-28-22(4)18-24(19-26(28)32-33-29)27-20(2)10-9-11-21(27)3/h6,9-13,18-19H,5,7-8,14-17H2,1-4H3,(H,30,31,33)/b13-12-,25-6+. The van der Waals surface area contributed by atoms with Crippen molar-refractivity contribution in [3.05, 3.63) is 83.3 Å². The van der Waals surface area contributed by atoms with Crippen LogP contribution in [-0.4, -0.2) is 46.3 Å². The van der Waals surface area contributed by atoms with E-state index in [1.54, 1.807) is 0 Å². The molecule has 2 aromatic carbocycles. The predicted molar refractivity (Wildman–Crippen MR) is 144 cm³/mol. The molecule has 0 saturated carbocycles. The number of nitrogens with one attached hydrogen (secondary N) is 1. The molecule has 1 aromatic heterocycles. The van der Waals surface area contributed by atoms with Gasteiger partial charge in [0.25, 0.3) is 0 Å². The zero-order valence-electron chi connectivity index (χ0n) is 21.3. The quantitative estimate of drug-likeness (QED) is 0.301. The minimum absolute atomic E-state index is 0.457. The molecular weight excluding hydrogens is 434 g/mol. The molecule has 6 heteroatoms. The van der Waals surface area contributed by atoms with Crippen LogP contribution in [-0.2, 0) is 4.74 Å². The van der Waals surface area contributed by atoms with Crippen LogP contribution in [0.5, 0.6) is 0 Å². The second kappa shape index (κ2) is 11.3. The van der Waals surface area contributed by atoms with Gasteiger partial charge in [0.2, 0.25) is 5.95 Å². The number of ether oxygens (including phenoxy) is 1. The van der Waals surface area contributed by atoms with Crippen molar-refractivity contribution in [1.82, 2.24) is 20.1 Å². The lowest BCUT2D eigenvalue weighted by molar-refractivity contribution is 0.181. The van der Waals surface area contributed by atoms with Crippen LogP contribution in [0.3, 0.4) is 0 Å². The summed E-state index contributed by atoms with van der Waals surface area (Å²) in [5.74, 6) is 1.09. The molecule has 3 aromatic rings. The Labute approximate surface area is 208 Å². The van der Waals surface area contributed by atoms with Gasteiger partial charge in [0, 0.05) is 12.2 Å². The number of nitrogens with zero attached hydrogens (tertiary/aromatic N) is 4. The summed E-state index contributed by atoms with van der Waals surface area (Å²) in [5.41, 5.74) is 8.41. The molecule has 2 heterocycles. The van der Waals surface area contributed by atoms with Crippen LogP contribution in [0.25, 0.3) is 22.2 Å². The number of hydrogen-bond donors (Lipinski definition) is 1. The van der Waals surface area contributed by atoms with Gasteiger partial charge < -0.3 is 10.1 Å². The fourth-order valence-electron chi connectivity index (χ4n) is 4.56. The topological polar surface area (TPSA) is 63.2 Å². The van der Waals surface area contributed by atoms with Crippen molar-refractivity contribution < 1.29 is 4.74 Å². The highest BCUT2D eigenvalue weighted by atomic mass is 16.5. The first-order chi connectivity index (χ1) is 16.9. The van der Waals surface area contributed by atoms with Crippen LogP contribution >= 0.6 is 0 Å². The van der Waals surface area contributed by atoms with E-state index < -0.39 is 0 Å². The zero-order valence-corrected chi connectivity index (χ0v) is 21.3. The van der Waals surface area contributed by atoms with Crippen LogP contribution < -0.4 is 5.32 Å². The van der Waals surface area contributed by atoms with E-state index in [2.05, 4.69) is 78.1 Å². The van der Waals surface area contributed by atoms with Gasteiger partial charge in [-0.05, 0) is 106 Å². The molecule has 0 unspecified atom stereocenters. The molecule has 1 saturated heterocycles. The number of aromatic nitrogens is 3. The summed E-state index contributed by atoms with van der Waals surface area (Å²) in [6, 6.07) is 10.6. The minimum atomic E-state index is 0.457. The van der Waals surface area contributed by atoms with Crippen LogP contribution in [0, 0.1) is 20.8 Å². The molecule has 0 aliphatic carbocycles. The fourth-order valence-corrected chi connectivity index (χ4v) is 4.56. The highest BCUT2D eigenvalue weighted by molar-refractivity contribution is 5.86. The van der Waals surface area contributed by atoms with E-state index in [9.17, 15) is 0 Å². The second-order valence-corrected chi connectivity index (χ2v) is 9.13. The number of hydrogen-bond acceptors (Lipinski definition) is 6. The third kappa shape index (κ3) is 6.14. The highest BCUT2D eigenvalue weighted by Crippen LogP contribution is 2.30. The first-order valence-corrected chi connectivity index (χ1v) is 12.3. The van der Waals surface area contributed by atoms with E-state index in [-0.39, 0.29) is 0 Å². The maximum atomic E-state index is 5.77. The number of fused-ring (bicyclic) bond motifs is 1. The van der Waals surface area contributed by atoms with Gasteiger partial charge in [-0.25, -0.2) is 4.98 Å². The molecule has 1 fully saturated rings. The Kier molecular flexibility index (Phi) is 7.93. The number of anilines is 1. The second-order valence-electron chi connectivity index (χ2n) is 9.13. The van der Waals surface area contributed by atoms with E-state index in [0.29, 0.717) is 18.3 Å². The molecular formula is C29H35N5O. The lowest BCUT2D eigenvalue weighted by Gasteiger charge is -2.15. The molecule has 0 spiro atoms. The summed E-state index contributed by atoms with van der Waals surface area (Å²) in [5, 5.41) is 12.1. The Morgan fingerprint density at radius 1 is 1.06 bits per heavy atom. The maximum Gasteiger partial charge on any atom is 0.247 e. The lowest BCUT2D eigenvalue weighted by Crippen LogP contribution is -2.23. The van der Waals surface area contributed by atoms with E-state index in [1.807, 2.05) is 25.2 Å². The number of benzene rings is 2. The molecule has 6 nitrogen and oxygen atoms in total. The number of likely N-dealkylation sites (tertiary alicyclic amines) is 1. The Morgan fingerprint density at radius 2 is 1.80 bits per heavy atom. The molecule has 0 bridgehead atoms. The monoisotopic (exact) mass is 469 g/mol. The van der Waals surface area contributed by atoms with Gasteiger partial charge in [0.15, 0.2) is 0 Å². The first-order valence-electron chi connectivity index (χ1n) is 12.3. The predicted octanol–water partition coefficient (Wildman–Crippen LogP) is 6.12. The molecule has 1 aliphatic rings. The van der Waals surface area contributed by atoms with Crippen molar-refractivity contribution in [1.29, 1.82) is 0 Å². The fraction of sp³-hybridized carbons (Fsp3) is 0.345.